The fourth-order valence-electron chi connectivity index (χ4n) is 2.77. The van der Waals surface area contributed by atoms with Gasteiger partial charge in [-0.2, -0.15) is 5.10 Å². The highest BCUT2D eigenvalue weighted by atomic mass is 19.1. The van der Waals surface area contributed by atoms with E-state index in [9.17, 15) is 14.0 Å². The van der Waals surface area contributed by atoms with E-state index in [4.69, 9.17) is 4.74 Å². The summed E-state index contributed by atoms with van der Waals surface area (Å²) in [6, 6.07) is 6.55. The molecule has 1 heterocycles. The highest BCUT2D eigenvalue weighted by Gasteiger charge is 2.27. The van der Waals surface area contributed by atoms with Crippen LogP contribution < -0.4 is 5.32 Å². The van der Waals surface area contributed by atoms with Crippen molar-refractivity contribution in [2.75, 3.05) is 7.11 Å². The van der Waals surface area contributed by atoms with Gasteiger partial charge in [-0.1, -0.05) is 39.0 Å². The van der Waals surface area contributed by atoms with Crippen molar-refractivity contribution in [2.45, 2.75) is 52.4 Å². The minimum Gasteiger partial charge on any atom is -0.467 e. The average molecular weight is 363 g/mol. The predicted octanol–water partition coefficient (Wildman–Crippen LogP) is 3.10. The molecule has 1 N–H and O–H groups in total. The highest BCUT2D eigenvalue weighted by molar-refractivity contribution is 6.06. The van der Waals surface area contributed by atoms with Crippen LogP contribution in [0.15, 0.2) is 24.3 Å². The van der Waals surface area contributed by atoms with Gasteiger partial charge in [0.05, 0.1) is 12.6 Å². The van der Waals surface area contributed by atoms with Crippen molar-refractivity contribution in [1.29, 1.82) is 0 Å². The maximum Gasteiger partial charge on any atom is 0.328 e. The zero-order chi connectivity index (χ0) is 19.3. The van der Waals surface area contributed by atoms with Gasteiger partial charge in [-0.25, -0.2) is 9.18 Å². The lowest BCUT2D eigenvalue weighted by Gasteiger charge is -2.19. The number of hydrogen-bond donors (Lipinski definition) is 1. The van der Waals surface area contributed by atoms with Gasteiger partial charge >= 0.3 is 5.97 Å². The Bertz CT molecular complexity index is 772. The first-order valence-electron chi connectivity index (χ1n) is 8.87. The van der Waals surface area contributed by atoms with Gasteiger partial charge in [-0.3, -0.25) is 9.48 Å². The molecule has 0 saturated heterocycles. The Balaban J connectivity index is 2.30. The molecule has 1 aromatic carbocycles. The minimum absolute atomic E-state index is 0.128. The Kier molecular flexibility index (Phi) is 6.71. The second-order valence-electron chi connectivity index (χ2n) is 6.60. The maximum atomic E-state index is 13.6. The van der Waals surface area contributed by atoms with Crippen molar-refractivity contribution >= 4 is 22.8 Å². The van der Waals surface area contributed by atoms with E-state index >= 15 is 0 Å². The normalized spacial score (nSPS) is 13.6. The molecular formula is C19H26FN3O3. The van der Waals surface area contributed by atoms with E-state index in [1.54, 1.807) is 17.7 Å². The van der Waals surface area contributed by atoms with Crippen LogP contribution in [-0.2, 0) is 16.1 Å². The van der Waals surface area contributed by atoms with Gasteiger partial charge in [0.15, 0.2) is 5.69 Å². The lowest BCUT2D eigenvalue weighted by Crippen LogP contribution is -2.45. The summed E-state index contributed by atoms with van der Waals surface area (Å²) in [6.07, 6.45) is -0.123. The molecule has 2 aromatic rings. The van der Waals surface area contributed by atoms with Gasteiger partial charge in [0.1, 0.15) is 12.2 Å². The van der Waals surface area contributed by atoms with E-state index in [2.05, 4.69) is 10.4 Å². The van der Waals surface area contributed by atoms with Crippen molar-refractivity contribution in [2.24, 2.45) is 5.92 Å². The molecule has 6 nitrogen and oxygen atoms in total. The number of aryl methyl sites for hydroxylation is 1. The number of ether oxygens (including phenoxy) is 1. The van der Waals surface area contributed by atoms with Crippen LogP contribution in [-0.4, -0.2) is 41.0 Å². The minimum atomic E-state index is -0.903. The maximum absolute atomic E-state index is 13.6. The van der Waals surface area contributed by atoms with Crippen molar-refractivity contribution < 1.29 is 18.7 Å². The number of aromatic nitrogens is 2. The summed E-state index contributed by atoms with van der Waals surface area (Å²) >= 11 is 0. The van der Waals surface area contributed by atoms with Crippen molar-refractivity contribution in [3.05, 3.63) is 30.0 Å². The lowest BCUT2D eigenvalue weighted by molar-refractivity contribution is -0.144. The first kappa shape index (κ1) is 19.9. The Morgan fingerprint density at radius 1 is 1.31 bits per heavy atom. The molecule has 7 heteroatoms. The van der Waals surface area contributed by atoms with E-state index in [1.807, 2.05) is 32.0 Å². The summed E-state index contributed by atoms with van der Waals surface area (Å²) in [5.74, 6) is -1.08. The Hall–Kier alpha value is -2.44. The fourth-order valence-corrected chi connectivity index (χ4v) is 2.77. The van der Waals surface area contributed by atoms with E-state index in [1.165, 1.54) is 7.11 Å². The van der Waals surface area contributed by atoms with Gasteiger partial charge in [0.25, 0.3) is 5.91 Å². The number of alkyl halides is 1. The largest absolute Gasteiger partial charge is 0.467 e. The summed E-state index contributed by atoms with van der Waals surface area (Å²) in [5.41, 5.74) is 0.988. The smallest absolute Gasteiger partial charge is 0.328 e. The van der Waals surface area contributed by atoms with E-state index in [-0.39, 0.29) is 11.6 Å². The summed E-state index contributed by atoms with van der Waals surface area (Å²) in [4.78, 5) is 24.6. The zero-order valence-electron chi connectivity index (χ0n) is 15.7. The number of nitrogens with zero attached hydrogens (tertiary/aromatic N) is 2. The molecule has 2 rings (SSSR count). The predicted molar refractivity (Wildman–Crippen MR) is 97.6 cm³/mol. The van der Waals surface area contributed by atoms with Gasteiger partial charge < -0.3 is 10.1 Å². The van der Waals surface area contributed by atoms with Gasteiger partial charge in [-0.15, -0.1) is 0 Å². The van der Waals surface area contributed by atoms with Crippen LogP contribution >= 0.6 is 0 Å². The van der Waals surface area contributed by atoms with Gasteiger partial charge in [-0.05, 0) is 24.8 Å². The molecule has 0 aliphatic carbocycles. The first-order chi connectivity index (χ1) is 12.4. The van der Waals surface area contributed by atoms with Crippen LogP contribution in [0.4, 0.5) is 4.39 Å². The molecule has 1 amide bonds. The molecule has 0 aliphatic heterocycles. The van der Waals surface area contributed by atoms with E-state index in [0.717, 1.165) is 5.52 Å². The number of carbonyl (C=O) groups is 2. The molecule has 142 valence electrons. The van der Waals surface area contributed by atoms with Gasteiger partial charge in [0.2, 0.25) is 0 Å². The molecule has 0 unspecified atom stereocenters. The fraction of sp³-hybridized carbons (Fsp3) is 0.526. The van der Waals surface area contributed by atoms with E-state index in [0.29, 0.717) is 24.8 Å². The van der Waals surface area contributed by atoms with Crippen LogP contribution in [0.3, 0.4) is 0 Å². The number of amides is 1. The number of nitrogens with one attached hydrogen (secondary N) is 1. The molecule has 2 atom stereocenters. The number of esters is 1. The molecular weight excluding hydrogens is 337 g/mol. The number of fused-ring (bicyclic) bond motifs is 1. The second-order valence-corrected chi connectivity index (χ2v) is 6.60. The monoisotopic (exact) mass is 363 g/mol. The highest BCUT2D eigenvalue weighted by Crippen LogP contribution is 2.20. The molecule has 1 aromatic heterocycles. The molecule has 0 saturated carbocycles. The van der Waals surface area contributed by atoms with Crippen LogP contribution in [0.5, 0.6) is 0 Å². The molecule has 0 spiro atoms. The van der Waals surface area contributed by atoms with Gasteiger partial charge in [0, 0.05) is 11.9 Å². The number of rotatable bonds is 8. The summed E-state index contributed by atoms with van der Waals surface area (Å²) in [6.45, 7) is 5.83. The number of para-hydroxylation sites is 1. The molecule has 0 fully saturated rings. The third-order valence-electron chi connectivity index (χ3n) is 4.38. The Morgan fingerprint density at radius 3 is 2.62 bits per heavy atom. The number of benzene rings is 1. The molecule has 0 radical (unpaired) electrons. The summed E-state index contributed by atoms with van der Waals surface area (Å²) in [5, 5.41) is 7.75. The number of hydrogen-bond acceptors (Lipinski definition) is 4. The van der Waals surface area contributed by atoms with E-state index < -0.39 is 24.1 Å². The quantitative estimate of drug-likeness (QED) is 0.732. The standard InChI is InChI=1S/C19H26FN3O3/c1-5-13(20)10-11-23-15-9-7-6-8-14(15)17(22-23)18(24)21-16(12(2)3)19(25)26-4/h6-9,12-13,16H,5,10-11H2,1-4H3,(H,21,24)/t13-,16-/m0/s1. The lowest BCUT2D eigenvalue weighted by atomic mass is 10.0. The zero-order valence-corrected chi connectivity index (χ0v) is 15.7. The van der Waals surface area contributed by atoms with Crippen molar-refractivity contribution in [3.63, 3.8) is 0 Å². The Labute approximate surface area is 152 Å². The topological polar surface area (TPSA) is 73.2 Å². The first-order valence-corrected chi connectivity index (χ1v) is 8.87. The average Bonchev–Trinajstić information content (AvgIpc) is 3.02. The number of methoxy groups -OCH3 is 1. The van der Waals surface area contributed by atoms with Crippen LogP contribution in [0.1, 0.15) is 44.1 Å². The summed E-state index contributed by atoms with van der Waals surface area (Å²) in [7, 11) is 1.29. The Morgan fingerprint density at radius 2 is 2.00 bits per heavy atom. The molecule has 0 bridgehead atoms. The summed E-state index contributed by atoms with van der Waals surface area (Å²) < 4.78 is 20.0. The number of carbonyl (C=O) groups excluding carboxylic acids is 2. The van der Waals surface area contributed by atoms with Crippen LogP contribution in [0.25, 0.3) is 10.9 Å². The van der Waals surface area contributed by atoms with Crippen molar-refractivity contribution in [3.8, 4) is 0 Å². The van der Waals surface area contributed by atoms with Crippen molar-refractivity contribution in [1.82, 2.24) is 15.1 Å². The molecule has 26 heavy (non-hydrogen) atoms. The third kappa shape index (κ3) is 4.39. The van der Waals surface area contributed by atoms with Crippen LogP contribution in [0.2, 0.25) is 0 Å². The third-order valence-corrected chi connectivity index (χ3v) is 4.38. The number of halogens is 1. The second kappa shape index (κ2) is 8.78. The molecule has 0 aliphatic rings. The SMILES string of the molecule is CC[C@H](F)CCn1nc(C(=O)N[C@H](C(=O)OC)C(C)C)c2ccccc21. The van der Waals surface area contributed by atoms with Crippen LogP contribution in [0, 0.1) is 5.92 Å².